The molecule has 0 heterocycles. The van der Waals surface area contributed by atoms with Gasteiger partial charge in [-0.15, -0.1) is 0 Å². The van der Waals surface area contributed by atoms with Crippen LogP contribution in [0.25, 0.3) is 0 Å². The van der Waals surface area contributed by atoms with Crippen LogP contribution in [-0.2, 0) is 35.2 Å². The summed E-state index contributed by atoms with van der Waals surface area (Å²) in [4.78, 5) is 46.5. The van der Waals surface area contributed by atoms with Crippen LogP contribution in [0.3, 0.4) is 0 Å². The molecule has 1 aromatic rings. The summed E-state index contributed by atoms with van der Waals surface area (Å²) in [5.41, 5.74) is 0.873. The molecule has 0 aliphatic rings. The number of methoxy groups -OCH3 is 2. The van der Waals surface area contributed by atoms with Crippen LogP contribution in [0.1, 0.15) is 31.2 Å². The smallest absolute Gasteiger partial charge is 0.407 e. The summed E-state index contributed by atoms with van der Waals surface area (Å²) in [7, 11) is 2.44. The van der Waals surface area contributed by atoms with Crippen LogP contribution in [0, 0.1) is 0 Å². The first-order valence-corrected chi connectivity index (χ1v) is 8.84. The number of ether oxygens (including phenoxy) is 3. The third-order valence-corrected chi connectivity index (χ3v) is 3.75. The van der Waals surface area contributed by atoms with Gasteiger partial charge < -0.3 is 24.8 Å². The lowest BCUT2D eigenvalue weighted by Gasteiger charge is -2.16. The molecule has 1 aromatic carbocycles. The molecule has 9 nitrogen and oxygen atoms in total. The van der Waals surface area contributed by atoms with Gasteiger partial charge >= 0.3 is 18.0 Å². The van der Waals surface area contributed by atoms with E-state index in [1.54, 1.807) is 0 Å². The lowest BCUT2D eigenvalue weighted by atomic mass is 10.1. The zero-order valence-corrected chi connectivity index (χ0v) is 16.1. The second kappa shape index (κ2) is 13.1. The van der Waals surface area contributed by atoms with E-state index in [-0.39, 0.29) is 38.3 Å². The Morgan fingerprint density at radius 3 is 2.36 bits per heavy atom. The highest BCUT2D eigenvalue weighted by Gasteiger charge is 2.22. The van der Waals surface area contributed by atoms with Gasteiger partial charge in [0.05, 0.1) is 14.2 Å². The largest absolute Gasteiger partial charge is 0.469 e. The van der Waals surface area contributed by atoms with Crippen molar-refractivity contribution in [3.63, 3.8) is 0 Å². The molecule has 2 amide bonds. The lowest BCUT2D eigenvalue weighted by Crippen LogP contribution is -2.42. The number of carbonyl (C=O) groups is 4. The van der Waals surface area contributed by atoms with Crippen molar-refractivity contribution in [3.05, 3.63) is 35.9 Å². The molecule has 0 bridgehead atoms. The second-order valence-electron chi connectivity index (χ2n) is 5.85. The average molecular weight is 394 g/mol. The Morgan fingerprint density at radius 2 is 1.71 bits per heavy atom. The highest BCUT2D eigenvalue weighted by Crippen LogP contribution is 2.03. The maximum absolute atomic E-state index is 12.0. The third kappa shape index (κ3) is 9.56. The molecular weight excluding hydrogens is 368 g/mol. The van der Waals surface area contributed by atoms with Crippen LogP contribution < -0.4 is 10.6 Å². The standard InChI is InChI=1S/C19H26N2O7/c1-26-17(23)11-10-15(18(24)27-2)21-16(22)9-6-12-20-19(25)28-13-14-7-4-3-5-8-14/h3-5,7-8,15H,6,9-13H2,1-2H3,(H,20,25)(H,21,22)/t15-/m0/s1. The van der Waals surface area contributed by atoms with Crippen molar-refractivity contribution in [3.8, 4) is 0 Å². The van der Waals surface area contributed by atoms with Crippen molar-refractivity contribution >= 4 is 23.9 Å². The molecule has 0 saturated heterocycles. The van der Waals surface area contributed by atoms with E-state index in [0.717, 1.165) is 5.56 Å². The summed E-state index contributed by atoms with van der Waals surface area (Å²) in [6, 6.07) is 8.32. The van der Waals surface area contributed by atoms with E-state index in [4.69, 9.17) is 4.74 Å². The van der Waals surface area contributed by atoms with Gasteiger partial charge in [-0.3, -0.25) is 9.59 Å². The zero-order chi connectivity index (χ0) is 20.8. The van der Waals surface area contributed by atoms with Crippen molar-refractivity contribution in [2.75, 3.05) is 20.8 Å². The Labute approximate surface area is 163 Å². The molecule has 0 radical (unpaired) electrons. The van der Waals surface area contributed by atoms with Gasteiger partial charge in [-0.2, -0.15) is 0 Å². The maximum atomic E-state index is 12.0. The number of amides is 2. The first-order valence-electron chi connectivity index (χ1n) is 8.84. The first kappa shape index (κ1) is 22.9. The van der Waals surface area contributed by atoms with Crippen molar-refractivity contribution < 1.29 is 33.4 Å². The number of rotatable bonds is 11. The van der Waals surface area contributed by atoms with Crippen LogP contribution >= 0.6 is 0 Å². The molecule has 2 N–H and O–H groups in total. The minimum absolute atomic E-state index is 0.0225. The molecule has 0 fully saturated rings. The zero-order valence-electron chi connectivity index (χ0n) is 16.1. The number of hydrogen-bond acceptors (Lipinski definition) is 7. The number of esters is 2. The van der Waals surface area contributed by atoms with E-state index in [1.807, 2.05) is 30.3 Å². The molecule has 28 heavy (non-hydrogen) atoms. The van der Waals surface area contributed by atoms with Crippen LogP contribution in [0.5, 0.6) is 0 Å². The van der Waals surface area contributed by atoms with Crippen molar-refractivity contribution in [2.45, 2.75) is 38.3 Å². The summed E-state index contributed by atoms with van der Waals surface area (Å²) in [5.74, 6) is -1.51. The fourth-order valence-electron chi connectivity index (χ4n) is 2.24. The summed E-state index contributed by atoms with van der Waals surface area (Å²) < 4.78 is 14.2. The monoisotopic (exact) mass is 394 g/mol. The van der Waals surface area contributed by atoms with Gasteiger partial charge in [-0.05, 0) is 18.4 Å². The molecule has 0 aromatic heterocycles. The molecular formula is C19H26N2O7. The van der Waals surface area contributed by atoms with Crippen LogP contribution in [-0.4, -0.2) is 50.7 Å². The molecule has 1 rings (SSSR count). The fourth-order valence-corrected chi connectivity index (χ4v) is 2.24. The minimum atomic E-state index is -0.930. The van der Waals surface area contributed by atoms with Crippen LogP contribution in [0.2, 0.25) is 0 Å². The third-order valence-electron chi connectivity index (χ3n) is 3.75. The summed E-state index contributed by atoms with van der Waals surface area (Å²) in [5, 5.41) is 5.07. The van der Waals surface area contributed by atoms with Gasteiger partial charge in [-0.25, -0.2) is 9.59 Å². The number of alkyl carbamates (subject to hydrolysis) is 1. The summed E-state index contributed by atoms with van der Waals surface area (Å²) in [6.07, 6.45) is -0.0719. The molecule has 154 valence electrons. The fraction of sp³-hybridized carbons (Fsp3) is 0.474. The topological polar surface area (TPSA) is 120 Å². The minimum Gasteiger partial charge on any atom is -0.469 e. The number of benzene rings is 1. The van der Waals surface area contributed by atoms with Gasteiger partial charge in [-0.1, -0.05) is 30.3 Å². The van der Waals surface area contributed by atoms with E-state index in [2.05, 4.69) is 20.1 Å². The lowest BCUT2D eigenvalue weighted by molar-refractivity contribution is -0.146. The van der Waals surface area contributed by atoms with Crippen molar-refractivity contribution in [2.24, 2.45) is 0 Å². The average Bonchev–Trinajstić information content (AvgIpc) is 2.72. The molecule has 0 spiro atoms. The molecule has 0 saturated carbocycles. The van der Waals surface area contributed by atoms with E-state index in [9.17, 15) is 19.2 Å². The summed E-state index contributed by atoms with van der Waals surface area (Å²) >= 11 is 0. The Hall–Kier alpha value is -3.10. The second-order valence-corrected chi connectivity index (χ2v) is 5.85. The van der Waals surface area contributed by atoms with Crippen molar-refractivity contribution in [1.82, 2.24) is 10.6 Å². The molecule has 9 heteroatoms. The Bertz CT molecular complexity index is 649. The van der Waals surface area contributed by atoms with E-state index >= 15 is 0 Å². The van der Waals surface area contributed by atoms with Gasteiger partial charge in [0.25, 0.3) is 0 Å². The van der Waals surface area contributed by atoms with Gasteiger partial charge in [0.1, 0.15) is 12.6 Å². The van der Waals surface area contributed by atoms with Gasteiger partial charge in [0, 0.05) is 19.4 Å². The number of hydrogen-bond donors (Lipinski definition) is 2. The predicted octanol–water partition coefficient (Wildman–Crippen LogP) is 1.30. The van der Waals surface area contributed by atoms with E-state index in [1.165, 1.54) is 14.2 Å². The Morgan fingerprint density at radius 1 is 1.00 bits per heavy atom. The SMILES string of the molecule is COC(=O)CC[C@H](NC(=O)CCCNC(=O)OCc1ccccc1)C(=O)OC. The Kier molecular flexibility index (Phi) is 10.8. The molecule has 0 aliphatic heterocycles. The van der Waals surface area contributed by atoms with Crippen LogP contribution in [0.4, 0.5) is 4.79 Å². The van der Waals surface area contributed by atoms with Crippen molar-refractivity contribution in [1.29, 1.82) is 0 Å². The van der Waals surface area contributed by atoms with Gasteiger partial charge in [0.15, 0.2) is 0 Å². The first-order chi connectivity index (χ1) is 13.5. The normalized spacial score (nSPS) is 11.1. The molecule has 0 aliphatic carbocycles. The highest BCUT2D eigenvalue weighted by atomic mass is 16.5. The van der Waals surface area contributed by atoms with Gasteiger partial charge in [0.2, 0.25) is 5.91 Å². The van der Waals surface area contributed by atoms with E-state index in [0.29, 0.717) is 6.42 Å². The van der Waals surface area contributed by atoms with E-state index < -0.39 is 24.1 Å². The number of carbonyl (C=O) groups excluding carboxylic acids is 4. The van der Waals surface area contributed by atoms with Crippen LogP contribution in [0.15, 0.2) is 30.3 Å². The highest BCUT2D eigenvalue weighted by molar-refractivity contribution is 5.84. The molecule has 1 atom stereocenters. The predicted molar refractivity (Wildman–Crippen MR) is 99.1 cm³/mol. The maximum Gasteiger partial charge on any atom is 0.407 e. The quantitative estimate of drug-likeness (QED) is 0.330. The summed E-state index contributed by atoms with van der Waals surface area (Å²) in [6.45, 7) is 0.403. The molecule has 0 unspecified atom stereocenters. The Balaban J connectivity index is 2.25. The number of nitrogens with one attached hydrogen (secondary N) is 2.